The number of aromatic nitrogens is 1. The lowest BCUT2D eigenvalue weighted by Crippen LogP contribution is -2.26. The SMILES string of the molecule is Cc1oc(CO)cc1S(=O)(=O)NCCc1cscn1. The zero-order chi connectivity index (χ0) is 13.9. The smallest absolute Gasteiger partial charge is 0.244 e. The van der Waals surface area contributed by atoms with Gasteiger partial charge in [-0.15, -0.1) is 11.3 Å². The van der Waals surface area contributed by atoms with E-state index in [1.807, 2.05) is 5.38 Å². The third-order valence-corrected chi connectivity index (χ3v) is 4.73. The maximum atomic E-state index is 12.0. The Balaban J connectivity index is 2.03. The van der Waals surface area contributed by atoms with Gasteiger partial charge in [0, 0.05) is 24.4 Å². The van der Waals surface area contributed by atoms with Crippen LogP contribution in [-0.2, 0) is 23.1 Å². The van der Waals surface area contributed by atoms with E-state index in [1.165, 1.54) is 17.4 Å². The van der Waals surface area contributed by atoms with Crippen LogP contribution in [0.4, 0.5) is 0 Å². The van der Waals surface area contributed by atoms with Gasteiger partial charge in [-0.1, -0.05) is 0 Å². The fourth-order valence-electron chi connectivity index (χ4n) is 1.62. The number of furan rings is 1. The number of hydrogen-bond donors (Lipinski definition) is 2. The van der Waals surface area contributed by atoms with Gasteiger partial charge in [0.15, 0.2) is 0 Å². The Labute approximate surface area is 115 Å². The van der Waals surface area contributed by atoms with Crippen molar-refractivity contribution in [3.8, 4) is 0 Å². The quantitative estimate of drug-likeness (QED) is 0.832. The molecule has 0 unspecified atom stereocenters. The van der Waals surface area contributed by atoms with Crippen LogP contribution < -0.4 is 4.72 Å². The van der Waals surface area contributed by atoms with E-state index in [4.69, 9.17) is 9.52 Å². The van der Waals surface area contributed by atoms with Gasteiger partial charge in [0.25, 0.3) is 0 Å². The fourth-order valence-corrected chi connectivity index (χ4v) is 3.45. The number of hydrogen-bond acceptors (Lipinski definition) is 6. The lowest BCUT2D eigenvalue weighted by Gasteiger charge is -2.04. The molecule has 0 spiro atoms. The van der Waals surface area contributed by atoms with Crippen LogP contribution in [0.5, 0.6) is 0 Å². The van der Waals surface area contributed by atoms with Crippen molar-refractivity contribution in [2.75, 3.05) is 6.54 Å². The molecule has 0 amide bonds. The van der Waals surface area contributed by atoms with Crippen molar-refractivity contribution in [1.82, 2.24) is 9.71 Å². The summed E-state index contributed by atoms with van der Waals surface area (Å²) in [5.41, 5.74) is 2.56. The molecule has 0 radical (unpaired) electrons. The predicted molar refractivity (Wildman–Crippen MR) is 70.4 cm³/mol. The Kier molecular flexibility index (Phi) is 4.35. The lowest BCUT2D eigenvalue weighted by molar-refractivity contribution is 0.244. The molecule has 0 bridgehead atoms. The lowest BCUT2D eigenvalue weighted by atomic mass is 10.3. The molecular formula is C11H14N2O4S2. The molecule has 8 heteroatoms. The van der Waals surface area contributed by atoms with Gasteiger partial charge >= 0.3 is 0 Å². The van der Waals surface area contributed by atoms with Gasteiger partial charge in [-0.3, -0.25) is 0 Å². The Morgan fingerprint density at radius 2 is 2.32 bits per heavy atom. The third-order valence-electron chi connectivity index (χ3n) is 2.53. The van der Waals surface area contributed by atoms with Gasteiger partial charge < -0.3 is 9.52 Å². The molecule has 2 aromatic rings. The van der Waals surface area contributed by atoms with Crippen molar-refractivity contribution in [3.05, 3.63) is 34.2 Å². The number of aryl methyl sites for hydroxylation is 1. The maximum absolute atomic E-state index is 12.0. The van der Waals surface area contributed by atoms with E-state index in [-0.39, 0.29) is 29.6 Å². The highest BCUT2D eigenvalue weighted by Crippen LogP contribution is 2.19. The molecule has 0 aliphatic carbocycles. The number of aliphatic hydroxyl groups excluding tert-OH is 1. The topological polar surface area (TPSA) is 92.4 Å². The van der Waals surface area contributed by atoms with Gasteiger partial charge in [-0.05, 0) is 6.92 Å². The zero-order valence-electron chi connectivity index (χ0n) is 10.3. The minimum atomic E-state index is -3.61. The minimum Gasteiger partial charge on any atom is -0.462 e. The first-order valence-electron chi connectivity index (χ1n) is 5.60. The molecule has 0 saturated heterocycles. The standard InChI is InChI=1S/C11H14N2O4S2/c1-8-11(4-10(5-14)17-8)19(15,16)13-3-2-9-6-18-7-12-9/h4,6-7,13-14H,2-3,5H2,1H3. The van der Waals surface area contributed by atoms with E-state index in [2.05, 4.69) is 9.71 Å². The van der Waals surface area contributed by atoms with Crippen LogP contribution >= 0.6 is 11.3 Å². The summed E-state index contributed by atoms with van der Waals surface area (Å²) in [5.74, 6) is 0.502. The highest BCUT2D eigenvalue weighted by atomic mass is 32.2. The van der Waals surface area contributed by atoms with Crippen molar-refractivity contribution in [3.63, 3.8) is 0 Å². The summed E-state index contributed by atoms with van der Waals surface area (Å²) in [4.78, 5) is 4.14. The number of sulfonamides is 1. The second-order valence-corrected chi connectivity index (χ2v) is 6.37. The van der Waals surface area contributed by atoms with Crippen LogP contribution in [0.25, 0.3) is 0 Å². The van der Waals surface area contributed by atoms with Crippen LogP contribution in [0.1, 0.15) is 17.2 Å². The summed E-state index contributed by atoms with van der Waals surface area (Å²) in [5, 5.41) is 10.8. The highest BCUT2D eigenvalue weighted by Gasteiger charge is 2.20. The molecule has 0 fully saturated rings. The van der Waals surface area contributed by atoms with Gasteiger partial charge in [0.1, 0.15) is 23.0 Å². The number of aliphatic hydroxyl groups is 1. The Bertz CT molecular complexity index is 632. The number of rotatable bonds is 6. The van der Waals surface area contributed by atoms with E-state index in [1.54, 1.807) is 12.4 Å². The number of nitrogens with zero attached hydrogens (tertiary/aromatic N) is 1. The first kappa shape index (κ1) is 14.2. The summed E-state index contributed by atoms with van der Waals surface area (Å²) < 4.78 is 31.7. The maximum Gasteiger partial charge on any atom is 0.244 e. The molecule has 0 aliphatic heterocycles. The number of thiazole rings is 1. The van der Waals surface area contributed by atoms with E-state index in [9.17, 15) is 8.42 Å². The van der Waals surface area contributed by atoms with Crippen molar-refractivity contribution in [2.24, 2.45) is 0 Å². The molecule has 0 saturated carbocycles. The average Bonchev–Trinajstić information content (AvgIpc) is 2.98. The normalized spacial score (nSPS) is 11.9. The molecular weight excluding hydrogens is 288 g/mol. The first-order valence-corrected chi connectivity index (χ1v) is 8.02. The van der Waals surface area contributed by atoms with Crippen molar-refractivity contribution in [1.29, 1.82) is 0 Å². The van der Waals surface area contributed by atoms with Gasteiger partial charge in [0.05, 0.1) is 11.2 Å². The van der Waals surface area contributed by atoms with Crippen molar-refractivity contribution in [2.45, 2.75) is 24.8 Å². The van der Waals surface area contributed by atoms with Gasteiger partial charge in [0.2, 0.25) is 10.0 Å². The summed E-state index contributed by atoms with van der Waals surface area (Å²) in [7, 11) is -3.61. The minimum absolute atomic E-state index is 0.0647. The van der Waals surface area contributed by atoms with Crippen LogP contribution in [0, 0.1) is 6.92 Å². The Hall–Kier alpha value is -1.22. The van der Waals surface area contributed by atoms with Crippen LogP contribution in [0.15, 0.2) is 26.3 Å². The summed E-state index contributed by atoms with van der Waals surface area (Å²) >= 11 is 1.47. The number of nitrogens with one attached hydrogen (secondary N) is 1. The van der Waals surface area contributed by atoms with E-state index >= 15 is 0 Å². The average molecular weight is 302 g/mol. The molecule has 104 valence electrons. The zero-order valence-corrected chi connectivity index (χ0v) is 11.9. The third kappa shape index (κ3) is 3.41. The second kappa shape index (κ2) is 5.83. The van der Waals surface area contributed by atoms with Crippen LogP contribution in [-0.4, -0.2) is 25.1 Å². The van der Waals surface area contributed by atoms with Gasteiger partial charge in [-0.2, -0.15) is 0 Å². The highest BCUT2D eigenvalue weighted by molar-refractivity contribution is 7.89. The molecule has 0 atom stereocenters. The Morgan fingerprint density at radius 3 is 2.89 bits per heavy atom. The van der Waals surface area contributed by atoms with Crippen molar-refractivity contribution >= 4 is 21.4 Å². The van der Waals surface area contributed by atoms with E-state index < -0.39 is 10.0 Å². The summed E-state index contributed by atoms with van der Waals surface area (Å²) in [6.07, 6.45) is 0.534. The largest absolute Gasteiger partial charge is 0.462 e. The predicted octanol–water partition coefficient (Wildman–Crippen LogP) is 1.06. The molecule has 2 rings (SSSR count). The Morgan fingerprint density at radius 1 is 1.53 bits per heavy atom. The molecule has 2 N–H and O–H groups in total. The van der Waals surface area contributed by atoms with Gasteiger partial charge in [-0.25, -0.2) is 18.1 Å². The van der Waals surface area contributed by atoms with E-state index in [0.717, 1.165) is 5.69 Å². The van der Waals surface area contributed by atoms with Crippen molar-refractivity contribution < 1.29 is 17.9 Å². The summed E-state index contributed by atoms with van der Waals surface area (Å²) in [6.45, 7) is 1.49. The molecule has 2 aromatic heterocycles. The molecule has 0 aromatic carbocycles. The van der Waals surface area contributed by atoms with E-state index in [0.29, 0.717) is 6.42 Å². The fraction of sp³-hybridized carbons (Fsp3) is 0.364. The molecule has 6 nitrogen and oxygen atoms in total. The molecule has 0 aliphatic rings. The van der Waals surface area contributed by atoms with Crippen LogP contribution in [0.2, 0.25) is 0 Å². The molecule has 19 heavy (non-hydrogen) atoms. The first-order chi connectivity index (χ1) is 9.03. The monoisotopic (exact) mass is 302 g/mol. The van der Waals surface area contributed by atoms with Crippen LogP contribution in [0.3, 0.4) is 0 Å². The second-order valence-electron chi connectivity index (χ2n) is 3.92. The molecule has 2 heterocycles. The summed E-state index contributed by atoms with van der Waals surface area (Å²) in [6, 6.07) is 1.33.